The van der Waals surface area contributed by atoms with Crippen LogP contribution in [0.4, 0.5) is 0 Å². The Labute approximate surface area is 133 Å². The van der Waals surface area contributed by atoms with Gasteiger partial charge in [-0.2, -0.15) is 0 Å². The van der Waals surface area contributed by atoms with Crippen LogP contribution < -0.4 is 0 Å². The third-order valence-electron chi connectivity index (χ3n) is 3.09. The zero-order valence-electron chi connectivity index (χ0n) is 14.5. The number of hydrogen-bond acceptors (Lipinski definition) is 5. The molecule has 0 aliphatic rings. The number of carbonyl (C=O) groups is 2. The van der Waals surface area contributed by atoms with Crippen LogP contribution in [0.15, 0.2) is 12.7 Å². The predicted octanol–water partition coefficient (Wildman–Crippen LogP) is 2.86. The fraction of sp³-hybridized carbons (Fsp3) is 0.765. The summed E-state index contributed by atoms with van der Waals surface area (Å²) in [5.74, 6) is -1.00. The molecule has 22 heavy (non-hydrogen) atoms. The van der Waals surface area contributed by atoms with Crippen molar-refractivity contribution >= 4 is 11.9 Å². The van der Waals surface area contributed by atoms with Crippen molar-refractivity contribution in [3.8, 4) is 0 Å². The quantitative estimate of drug-likeness (QED) is 0.523. The van der Waals surface area contributed by atoms with Gasteiger partial charge < -0.3 is 14.6 Å². The Kier molecular flexibility index (Phi) is 8.38. The van der Waals surface area contributed by atoms with Gasteiger partial charge in [0.25, 0.3) is 0 Å². The van der Waals surface area contributed by atoms with E-state index in [2.05, 4.69) is 41.2 Å². The maximum Gasteiger partial charge on any atom is 0.330 e. The van der Waals surface area contributed by atoms with Crippen molar-refractivity contribution in [2.24, 2.45) is 10.8 Å². The number of rotatable bonds is 9. The van der Waals surface area contributed by atoms with Crippen LogP contribution in [0.25, 0.3) is 0 Å². The summed E-state index contributed by atoms with van der Waals surface area (Å²) in [5, 5.41) is 9.15. The lowest BCUT2D eigenvalue weighted by Crippen LogP contribution is -2.29. The topological polar surface area (TPSA) is 72.8 Å². The molecule has 0 saturated heterocycles. The van der Waals surface area contributed by atoms with E-state index < -0.39 is 18.0 Å². The summed E-state index contributed by atoms with van der Waals surface area (Å²) in [6, 6.07) is 0. The van der Waals surface area contributed by atoms with Crippen LogP contribution in [0.2, 0.25) is 0 Å². The van der Waals surface area contributed by atoms with Crippen molar-refractivity contribution in [1.82, 2.24) is 0 Å². The second kappa shape index (κ2) is 8.93. The van der Waals surface area contributed by atoms with Crippen LogP contribution in [0.3, 0.4) is 0 Å². The van der Waals surface area contributed by atoms with Crippen molar-refractivity contribution in [2.75, 3.05) is 13.2 Å². The Hall–Kier alpha value is -1.36. The van der Waals surface area contributed by atoms with Crippen molar-refractivity contribution in [3.05, 3.63) is 12.7 Å². The van der Waals surface area contributed by atoms with Gasteiger partial charge in [-0.25, -0.2) is 4.79 Å². The highest BCUT2D eigenvalue weighted by molar-refractivity contribution is 5.81. The first-order chi connectivity index (χ1) is 9.99. The minimum atomic E-state index is -0.831. The maximum atomic E-state index is 11.8. The SMILES string of the molecule is C=CC(=O)OCC(CO)OC(=O)CCC(C)(C)CC(C)(C)C. The second-order valence-corrected chi connectivity index (χ2v) is 7.53. The molecule has 0 spiro atoms. The molecule has 1 atom stereocenters. The van der Waals surface area contributed by atoms with E-state index >= 15 is 0 Å². The van der Waals surface area contributed by atoms with E-state index in [1.165, 1.54) is 0 Å². The number of ether oxygens (including phenoxy) is 2. The van der Waals surface area contributed by atoms with E-state index in [-0.39, 0.29) is 30.5 Å². The van der Waals surface area contributed by atoms with Gasteiger partial charge in [-0.3, -0.25) is 4.79 Å². The molecule has 128 valence electrons. The molecule has 0 aromatic heterocycles. The zero-order chi connectivity index (χ0) is 17.4. The highest BCUT2D eigenvalue weighted by Gasteiger charge is 2.26. The molecule has 0 aromatic carbocycles. The van der Waals surface area contributed by atoms with E-state index in [1.54, 1.807) is 0 Å². The molecular formula is C17H30O5. The van der Waals surface area contributed by atoms with Gasteiger partial charge in [-0.15, -0.1) is 0 Å². The van der Waals surface area contributed by atoms with Crippen molar-refractivity contribution in [1.29, 1.82) is 0 Å². The van der Waals surface area contributed by atoms with Crippen molar-refractivity contribution in [3.63, 3.8) is 0 Å². The largest absolute Gasteiger partial charge is 0.458 e. The standard InChI is InChI=1S/C17H30O5/c1-7-14(19)21-11-13(10-18)22-15(20)8-9-17(5,6)12-16(2,3)4/h7,13,18H,1,8-12H2,2-6H3. The van der Waals surface area contributed by atoms with Crippen molar-refractivity contribution < 1.29 is 24.2 Å². The molecule has 0 aliphatic carbocycles. The van der Waals surface area contributed by atoms with Gasteiger partial charge in [0.15, 0.2) is 6.10 Å². The Balaban J connectivity index is 4.25. The lowest BCUT2D eigenvalue weighted by atomic mass is 9.74. The summed E-state index contributed by atoms with van der Waals surface area (Å²) in [6.45, 7) is 13.5. The fourth-order valence-corrected chi connectivity index (χ4v) is 2.57. The Bertz CT molecular complexity index is 379. The number of hydrogen-bond donors (Lipinski definition) is 1. The fourth-order valence-electron chi connectivity index (χ4n) is 2.57. The van der Waals surface area contributed by atoms with E-state index in [9.17, 15) is 9.59 Å². The summed E-state index contributed by atoms with van der Waals surface area (Å²) >= 11 is 0. The summed E-state index contributed by atoms with van der Waals surface area (Å²) in [5.41, 5.74) is 0.223. The molecule has 1 unspecified atom stereocenters. The molecule has 0 rings (SSSR count). The molecule has 0 aliphatic heterocycles. The third-order valence-corrected chi connectivity index (χ3v) is 3.09. The number of esters is 2. The molecule has 5 nitrogen and oxygen atoms in total. The molecule has 0 heterocycles. The molecule has 1 N–H and O–H groups in total. The smallest absolute Gasteiger partial charge is 0.330 e. The highest BCUT2D eigenvalue weighted by atomic mass is 16.6. The molecule has 0 bridgehead atoms. The molecule has 0 fully saturated rings. The average molecular weight is 314 g/mol. The highest BCUT2D eigenvalue weighted by Crippen LogP contribution is 2.36. The number of aliphatic hydroxyl groups is 1. The summed E-state index contributed by atoms with van der Waals surface area (Å²) in [4.78, 5) is 22.8. The molecule has 0 radical (unpaired) electrons. The number of aliphatic hydroxyl groups excluding tert-OH is 1. The normalized spacial score (nSPS) is 13.4. The van der Waals surface area contributed by atoms with E-state index in [0.717, 1.165) is 12.5 Å². The first kappa shape index (κ1) is 20.6. The van der Waals surface area contributed by atoms with Gasteiger partial charge in [0, 0.05) is 12.5 Å². The first-order valence-electron chi connectivity index (χ1n) is 7.58. The van der Waals surface area contributed by atoms with E-state index in [0.29, 0.717) is 6.42 Å². The Morgan fingerprint density at radius 2 is 1.82 bits per heavy atom. The van der Waals surface area contributed by atoms with E-state index in [1.807, 2.05) is 0 Å². The van der Waals surface area contributed by atoms with Crippen molar-refractivity contribution in [2.45, 2.75) is 60.0 Å². The minimum Gasteiger partial charge on any atom is -0.458 e. The summed E-state index contributed by atoms with van der Waals surface area (Å²) in [7, 11) is 0. The lowest BCUT2D eigenvalue weighted by Gasteiger charge is -2.32. The molecule has 0 saturated carbocycles. The lowest BCUT2D eigenvalue weighted by molar-refractivity contribution is -0.159. The van der Waals surface area contributed by atoms with Crippen LogP contribution in [-0.2, 0) is 19.1 Å². The van der Waals surface area contributed by atoms with Gasteiger partial charge in [0.1, 0.15) is 6.61 Å². The van der Waals surface area contributed by atoms with Crippen LogP contribution in [0.1, 0.15) is 53.9 Å². The molecule has 0 amide bonds. The summed E-state index contributed by atoms with van der Waals surface area (Å²) < 4.78 is 9.88. The van der Waals surface area contributed by atoms with Gasteiger partial charge in [0.05, 0.1) is 6.61 Å². The summed E-state index contributed by atoms with van der Waals surface area (Å²) in [6.07, 6.45) is 2.16. The van der Waals surface area contributed by atoms with Gasteiger partial charge in [-0.1, -0.05) is 41.2 Å². The van der Waals surface area contributed by atoms with Gasteiger partial charge in [-0.05, 0) is 23.7 Å². The Morgan fingerprint density at radius 1 is 1.23 bits per heavy atom. The van der Waals surface area contributed by atoms with Crippen LogP contribution in [0, 0.1) is 10.8 Å². The van der Waals surface area contributed by atoms with Gasteiger partial charge >= 0.3 is 11.9 Å². The van der Waals surface area contributed by atoms with Crippen LogP contribution in [-0.4, -0.2) is 36.4 Å². The van der Waals surface area contributed by atoms with Crippen LogP contribution in [0.5, 0.6) is 0 Å². The van der Waals surface area contributed by atoms with Crippen LogP contribution >= 0.6 is 0 Å². The first-order valence-corrected chi connectivity index (χ1v) is 7.58. The van der Waals surface area contributed by atoms with Gasteiger partial charge in [0.2, 0.25) is 0 Å². The minimum absolute atomic E-state index is 0.0291. The zero-order valence-corrected chi connectivity index (χ0v) is 14.5. The van der Waals surface area contributed by atoms with E-state index in [4.69, 9.17) is 14.6 Å². The second-order valence-electron chi connectivity index (χ2n) is 7.53. The average Bonchev–Trinajstić information content (AvgIpc) is 2.38. The number of carbonyl (C=O) groups excluding carboxylic acids is 2. The third kappa shape index (κ3) is 10.4. The molecular weight excluding hydrogens is 284 g/mol. The molecule has 0 aromatic rings. The monoisotopic (exact) mass is 314 g/mol. The Morgan fingerprint density at radius 3 is 2.27 bits per heavy atom. The molecule has 5 heteroatoms. The predicted molar refractivity (Wildman–Crippen MR) is 85.2 cm³/mol. The maximum absolute atomic E-state index is 11.8.